The van der Waals surface area contributed by atoms with Gasteiger partial charge in [-0.2, -0.15) is 0 Å². The van der Waals surface area contributed by atoms with Gasteiger partial charge in [-0.1, -0.05) is 58.6 Å². The van der Waals surface area contributed by atoms with Crippen LogP contribution in [0.15, 0.2) is 72.1 Å². The molecule has 2 saturated heterocycles. The monoisotopic (exact) mass is 720 g/mol. The van der Waals surface area contributed by atoms with Gasteiger partial charge in [0.25, 0.3) is 0 Å². The normalized spacial score (nSPS) is 16.8. The number of rotatable bonds is 1. The molecule has 2 aromatic heterocycles. The van der Waals surface area contributed by atoms with Gasteiger partial charge in [-0.3, -0.25) is 9.97 Å². The molecular formula is C43H46Cl2N4O2. The van der Waals surface area contributed by atoms with E-state index in [2.05, 4.69) is 55.6 Å². The van der Waals surface area contributed by atoms with E-state index >= 15 is 0 Å². The van der Waals surface area contributed by atoms with Gasteiger partial charge in [0.2, 0.25) is 0 Å². The van der Waals surface area contributed by atoms with Gasteiger partial charge in [0.05, 0.1) is 18.0 Å². The van der Waals surface area contributed by atoms with Crippen LogP contribution >= 0.6 is 23.2 Å². The summed E-state index contributed by atoms with van der Waals surface area (Å²) >= 11 is 12.6. The van der Waals surface area contributed by atoms with E-state index in [4.69, 9.17) is 37.9 Å². The van der Waals surface area contributed by atoms with Crippen molar-refractivity contribution in [1.29, 1.82) is 0 Å². The second-order valence-corrected chi connectivity index (χ2v) is 14.9. The third kappa shape index (κ3) is 7.79. The number of piperidine rings is 2. The molecule has 2 aliphatic carbocycles. The summed E-state index contributed by atoms with van der Waals surface area (Å²) in [5, 5.41) is 5.06. The van der Waals surface area contributed by atoms with Crippen LogP contribution in [0, 0.1) is 13.8 Å². The van der Waals surface area contributed by atoms with Crippen molar-refractivity contribution < 1.29 is 9.53 Å². The zero-order valence-electron chi connectivity index (χ0n) is 29.9. The van der Waals surface area contributed by atoms with Crippen molar-refractivity contribution in [2.45, 2.75) is 72.1 Å². The SMILES string of the molecule is CCOC(=O)N1CCC(=C2c3ccc(Cl)cc3CCc3cc(C)cnc32)CC1.Cc1cnc2c(c1)CCc1cc(Cl)ccc1C2=C1CCNCC1. The summed E-state index contributed by atoms with van der Waals surface area (Å²) in [4.78, 5) is 23.6. The van der Waals surface area contributed by atoms with Crippen LogP contribution in [0.2, 0.25) is 10.0 Å². The Kier molecular flexibility index (Phi) is 10.9. The zero-order valence-corrected chi connectivity index (χ0v) is 31.4. The predicted octanol–water partition coefficient (Wildman–Crippen LogP) is 9.52. The first-order chi connectivity index (χ1) is 24.8. The van der Waals surface area contributed by atoms with E-state index in [-0.39, 0.29) is 6.09 Å². The summed E-state index contributed by atoms with van der Waals surface area (Å²) in [6.45, 7) is 9.95. The van der Waals surface area contributed by atoms with Crippen LogP contribution in [-0.2, 0) is 30.4 Å². The Morgan fingerprint density at radius 2 is 1.16 bits per heavy atom. The Balaban J connectivity index is 0.000000162. The molecule has 264 valence electrons. The number of nitrogens with one attached hydrogen (secondary N) is 1. The average Bonchev–Trinajstić information content (AvgIpc) is 3.39. The molecule has 0 atom stereocenters. The Labute approximate surface area is 312 Å². The maximum atomic E-state index is 12.1. The first-order valence-corrected chi connectivity index (χ1v) is 19.1. The van der Waals surface area contributed by atoms with Crippen molar-refractivity contribution >= 4 is 40.4 Å². The van der Waals surface area contributed by atoms with E-state index in [9.17, 15) is 4.79 Å². The molecule has 1 amide bonds. The molecule has 0 spiro atoms. The lowest BCUT2D eigenvalue weighted by Crippen LogP contribution is -2.37. The molecule has 6 nitrogen and oxygen atoms in total. The summed E-state index contributed by atoms with van der Waals surface area (Å²) < 4.78 is 5.16. The number of fused-ring (bicyclic) bond motifs is 4. The van der Waals surface area contributed by atoms with Crippen LogP contribution in [0.5, 0.6) is 0 Å². The van der Waals surface area contributed by atoms with Crippen molar-refractivity contribution in [2.75, 3.05) is 32.8 Å². The summed E-state index contributed by atoms with van der Waals surface area (Å²) in [5.74, 6) is 0. The Morgan fingerprint density at radius 3 is 1.65 bits per heavy atom. The van der Waals surface area contributed by atoms with Gasteiger partial charge in [0.1, 0.15) is 0 Å². The molecule has 0 unspecified atom stereocenters. The highest BCUT2D eigenvalue weighted by Crippen LogP contribution is 2.40. The summed E-state index contributed by atoms with van der Waals surface area (Å²) in [6, 6.07) is 17.1. The van der Waals surface area contributed by atoms with Crippen molar-refractivity contribution in [2.24, 2.45) is 0 Å². The summed E-state index contributed by atoms with van der Waals surface area (Å²) in [7, 11) is 0. The van der Waals surface area contributed by atoms with Crippen LogP contribution in [-0.4, -0.2) is 53.7 Å². The zero-order chi connectivity index (χ0) is 35.5. The second-order valence-electron chi connectivity index (χ2n) is 14.0. The Hall–Kier alpha value is -3.97. The van der Waals surface area contributed by atoms with Gasteiger partial charge in [0.15, 0.2) is 0 Å². The Morgan fingerprint density at radius 1 is 0.686 bits per heavy atom. The molecule has 0 bridgehead atoms. The number of benzene rings is 2. The van der Waals surface area contributed by atoms with Gasteiger partial charge in [-0.15, -0.1) is 0 Å². The highest BCUT2D eigenvalue weighted by Gasteiger charge is 2.28. The number of hydrogen-bond acceptors (Lipinski definition) is 5. The minimum atomic E-state index is -0.214. The number of amides is 1. The minimum absolute atomic E-state index is 0.214. The highest BCUT2D eigenvalue weighted by molar-refractivity contribution is 6.31. The molecule has 51 heavy (non-hydrogen) atoms. The molecule has 2 aromatic carbocycles. The van der Waals surface area contributed by atoms with Crippen LogP contribution in [0.1, 0.15) is 88.5 Å². The molecule has 2 aliphatic heterocycles. The van der Waals surface area contributed by atoms with Gasteiger partial charge in [0, 0.05) is 46.7 Å². The van der Waals surface area contributed by atoms with Gasteiger partial charge < -0.3 is 15.0 Å². The van der Waals surface area contributed by atoms with Gasteiger partial charge in [-0.25, -0.2) is 4.79 Å². The number of carbonyl (C=O) groups is 1. The first-order valence-electron chi connectivity index (χ1n) is 18.3. The number of hydrogen-bond donors (Lipinski definition) is 1. The highest BCUT2D eigenvalue weighted by atomic mass is 35.5. The molecule has 2 fully saturated rings. The number of likely N-dealkylation sites (tertiary alicyclic amines) is 1. The molecule has 4 heterocycles. The number of pyridine rings is 2. The second kappa shape index (κ2) is 15.7. The lowest BCUT2D eigenvalue weighted by atomic mass is 9.88. The minimum Gasteiger partial charge on any atom is -0.450 e. The smallest absolute Gasteiger partial charge is 0.409 e. The molecule has 4 aliphatic rings. The van der Waals surface area contributed by atoms with Gasteiger partial charge in [-0.05, 0) is 154 Å². The van der Waals surface area contributed by atoms with Crippen LogP contribution < -0.4 is 5.32 Å². The lowest BCUT2D eigenvalue weighted by Gasteiger charge is -2.29. The number of aromatic nitrogens is 2. The third-order valence-corrected chi connectivity index (χ3v) is 11.0. The van der Waals surface area contributed by atoms with E-state index in [1.165, 1.54) is 72.5 Å². The number of carbonyl (C=O) groups excluding carboxylic acids is 1. The first kappa shape index (κ1) is 35.4. The third-order valence-electron chi connectivity index (χ3n) is 10.5. The largest absolute Gasteiger partial charge is 0.450 e. The molecule has 0 saturated carbocycles. The topological polar surface area (TPSA) is 67.3 Å². The fraction of sp³-hybridized carbons (Fsp3) is 0.372. The molecule has 1 N–H and O–H groups in total. The van der Waals surface area contributed by atoms with Crippen molar-refractivity contribution in [3.05, 3.63) is 138 Å². The Bertz CT molecular complexity index is 1910. The number of ether oxygens (including phenoxy) is 1. The summed E-state index contributed by atoms with van der Waals surface area (Å²) in [5.41, 5.74) is 18.1. The molecule has 4 aromatic rings. The van der Waals surface area contributed by atoms with E-state index in [1.54, 1.807) is 4.90 Å². The van der Waals surface area contributed by atoms with E-state index in [0.29, 0.717) is 19.7 Å². The van der Waals surface area contributed by atoms with E-state index < -0.39 is 0 Å². The van der Waals surface area contributed by atoms with Gasteiger partial charge >= 0.3 is 6.09 Å². The molecule has 0 radical (unpaired) electrons. The van der Waals surface area contributed by atoms with Crippen molar-refractivity contribution in [3.8, 4) is 0 Å². The van der Waals surface area contributed by atoms with Crippen molar-refractivity contribution in [3.63, 3.8) is 0 Å². The number of halogens is 2. The average molecular weight is 722 g/mol. The molecule has 8 heteroatoms. The van der Waals surface area contributed by atoms with Crippen LogP contribution in [0.3, 0.4) is 0 Å². The number of aryl methyl sites for hydroxylation is 6. The molecule has 8 rings (SSSR count). The van der Waals surface area contributed by atoms with Crippen LogP contribution in [0.25, 0.3) is 11.1 Å². The number of nitrogens with zero attached hydrogens (tertiary/aromatic N) is 3. The quantitative estimate of drug-likeness (QED) is 0.212. The van der Waals surface area contributed by atoms with E-state index in [1.807, 2.05) is 31.5 Å². The standard InChI is InChI=1S/C23H25ClN2O2.C20H21ClN2/c1-3-28-23(27)26-10-8-16(9-11-26)21-20-7-6-19(24)13-17(20)4-5-18-12-15(2)14-25-22(18)21;1-13-10-16-3-2-15-11-17(21)4-5-18(15)19(20(16)23-12-13)14-6-8-22-9-7-14/h6-7,12-14H,3-5,8-11H2,1-2H3;4-5,10-12,22H,2-3,6-9H2,1H3. The maximum Gasteiger partial charge on any atom is 0.409 e. The van der Waals surface area contributed by atoms with Crippen LogP contribution in [0.4, 0.5) is 4.79 Å². The van der Waals surface area contributed by atoms with E-state index in [0.717, 1.165) is 80.2 Å². The predicted molar refractivity (Wildman–Crippen MR) is 208 cm³/mol. The lowest BCUT2D eigenvalue weighted by molar-refractivity contribution is 0.104. The maximum absolute atomic E-state index is 12.1. The fourth-order valence-electron chi connectivity index (χ4n) is 8.03. The van der Waals surface area contributed by atoms with Crippen molar-refractivity contribution in [1.82, 2.24) is 20.2 Å². The molecular weight excluding hydrogens is 675 g/mol. The summed E-state index contributed by atoms with van der Waals surface area (Å²) in [6.07, 6.45) is 11.6. The fourth-order valence-corrected chi connectivity index (χ4v) is 8.42.